The van der Waals surface area contributed by atoms with Gasteiger partial charge in [-0.1, -0.05) is 13.8 Å². The lowest BCUT2D eigenvalue weighted by Crippen LogP contribution is -2.49. The van der Waals surface area contributed by atoms with E-state index >= 15 is 0 Å². The fourth-order valence-corrected chi connectivity index (χ4v) is 4.14. The zero-order chi connectivity index (χ0) is 15.0. The number of fused-ring (bicyclic) bond motifs is 2. The number of aryl methyl sites for hydroxylation is 1. The van der Waals surface area contributed by atoms with Gasteiger partial charge in [-0.15, -0.1) is 0 Å². The van der Waals surface area contributed by atoms with E-state index in [1.54, 1.807) is 0 Å². The molecule has 0 radical (unpaired) electrons. The highest BCUT2D eigenvalue weighted by Crippen LogP contribution is 2.32. The summed E-state index contributed by atoms with van der Waals surface area (Å²) in [7, 11) is 0. The fraction of sp³-hybridized carbons (Fsp3) is 0.824. The SMILES string of the molecule is CCN(c1nc(C)cn1CC(C)C)C1CC2CCC(C1)N2. The Balaban J connectivity index is 1.82. The molecule has 118 valence electrons. The predicted octanol–water partition coefficient (Wildman–Crippen LogP) is 2.96. The highest BCUT2D eigenvalue weighted by molar-refractivity contribution is 5.36. The number of aromatic nitrogens is 2. The van der Waals surface area contributed by atoms with Crippen molar-refractivity contribution in [2.45, 2.75) is 78.0 Å². The molecule has 1 N–H and O–H groups in total. The maximum atomic E-state index is 4.85. The van der Waals surface area contributed by atoms with Gasteiger partial charge in [-0.25, -0.2) is 4.98 Å². The van der Waals surface area contributed by atoms with Gasteiger partial charge in [0.25, 0.3) is 0 Å². The Labute approximate surface area is 128 Å². The van der Waals surface area contributed by atoms with Gasteiger partial charge in [-0.3, -0.25) is 0 Å². The summed E-state index contributed by atoms with van der Waals surface area (Å²) in [4.78, 5) is 7.41. The van der Waals surface area contributed by atoms with Crippen LogP contribution in [-0.2, 0) is 6.54 Å². The molecule has 1 aromatic heterocycles. The van der Waals surface area contributed by atoms with Crippen LogP contribution in [0.15, 0.2) is 6.20 Å². The molecule has 4 nitrogen and oxygen atoms in total. The van der Waals surface area contributed by atoms with E-state index in [-0.39, 0.29) is 0 Å². The summed E-state index contributed by atoms with van der Waals surface area (Å²) in [6.07, 6.45) is 7.49. The second-order valence-electron chi connectivity index (χ2n) is 7.28. The minimum Gasteiger partial charge on any atom is -0.339 e. The number of nitrogens with zero attached hydrogens (tertiary/aromatic N) is 3. The molecule has 2 atom stereocenters. The van der Waals surface area contributed by atoms with Crippen molar-refractivity contribution in [1.29, 1.82) is 0 Å². The molecule has 3 heterocycles. The molecule has 0 aromatic carbocycles. The maximum absolute atomic E-state index is 4.85. The van der Waals surface area contributed by atoms with Crippen LogP contribution in [0.1, 0.15) is 52.1 Å². The van der Waals surface area contributed by atoms with Crippen LogP contribution in [0, 0.1) is 12.8 Å². The van der Waals surface area contributed by atoms with E-state index in [4.69, 9.17) is 4.98 Å². The Morgan fingerprint density at radius 1 is 1.33 bits per heavy atom. The highest BCUT2D eigenvalue weighted by Gasteiger charge is 2.36. The molecule has 2 fully saturated rings. The number of piperidine rings is 1. The first-order valence-corrected chi connectivity index (χ1v) is 8.63. The molecule has 4 heteroatoms. The van der Waals surface area contributed by atoms with Crippen LogP contribution in [-0.4, -0.2) is 34.2 Å². The summed E-state index contributed by atoms with van der Waals surface area (Å²) in [5.41, 5.74) is 1.14. The van der Waals surface area contributed by atoms with E-state index in [0.717, 1.165) is 30.9 Å². The van der Waals surface area contributed by atoms with Gasteiger partial charge in [0.1, 0.15) is 0 Å². The standard InChI is InChI=1S/C17H30N4/c1-5-21(16-8-14-6-7-15(9-16)19-14)17-18-13(4)11-20(17)10-12(2)3/h11-12,14-16,19H,5-10H2,1-4H3. The van der Waals surface area contributed by atoms with E-state index in [0.29, 0.717) is 12.0 Å². The Bertz CT molecular complexity index is 467. The maximum Gasteiger partial charge on any atom is 0.205 e. The zero-order valence-electron chi connectivity index (χ0n) is 14.0. The number of hydrogen-bond acceptors (Lipinski definition) is 3. The van der Waals surface area contributed by atoms with Gasteiger partial charge in [0.15, 0.2) is 0 Å². The van der Waals surface area contributed by atoms with Crippen LogP contribution in [0.3, 0.4) is 0 Å². The average molecular weight is 290 g/mol. The number of rotatable bonds is 5. The Morgan fingerprint density at radius 3 is 2.57 bits per heavy atom. The first-order chi connectivity index (χ1) is 10.1. The van der Waals surface area contributed by atoms with Crippen molar-refractivity contribution >= 4 is 5.95 Å². The largest absolute Gasteiger partial charge is 0.339 e. The number of anilines is 1. The first-order valence-electron chi connectivity index (χ1n) is 8.63. The third kappa shape index (κ3) is 3.10. The Morgan fingerprint density at radius 2 is 2.00 bits per heavy atom. The minimum atomic E-state index is 0.653. The lowest BCUT2D eigenvalue weighted by atomic mass is 9.98. The third-order valence-corrected chi connectivity index (χ3v) is 4.92. The van der Waals surface area contributed by atoms with Crippen LogP contribution in [0.5, 0.6) is 0 Å². The smallest absolute Gasteiger partial charge is 0.205 e. The fourth-order valence-electron chi connectivity index (χ4n) is 4.14. The molecule has 2 aliphatic rings. The van der Waals surface area contributed by atoms with Crippen molar-refractivity contribution in [3.63, 3.8) is 0 Å². The summed E-state index contributed by atoms with van der Waals surface area (Å²) in [5.74, 6) is 1.84. The average Bonchev–Trinajstić information content (AvgIpc) is 2.93. The van der Waals surface area contributed by atoms with Crippen LogP contribution in [0.25, 0.3) is 0 Å². The van der Waals surface area contributed by atoms with Crippen molar-refractivity contribution in [1.82, 2.24) is 14.9 Å². The molecule has 2 bridgehead atoms. The van der Waals surface area contributed by atoms with Crippen molar-refractivity contribution < 1.29 is 0 Å². The Kier molecular flexibility index (Phi) is 4.25. The molecule has 0 spiro atoms. The van der Waals surface area contributed by atoms with E-state index < -0.39 is 0 Å². The van der Waals surface area contributed by atoms with E-state index in [1.807, 2.05) is 0 Å². The minimum absolute atomic E-state index is 0.653. The van der Waals surface area contributed by atoms with Gasteiger partial charge >= 0.3 is 0 Å². The molecule has 2 saturated heterocycles. The quantitative estimate of drug-likeness (QED) is 0.905. The first kappa shape index (κ1) is 14.9. The number of imidazole rings is 1. The van der Waals surface area contributed by atoms with E-state index in [2.05, 4.69) is 48.7 Å². The number of nitrogens with one attached hydrogen (secondary N) is 1. The normalized spacial score (nSPS) is 28.3. The summed E-state index contributed by atoms with van der Waals surface area (Å²) in [6.45, 7) is 11.1. The van der Waals surface area contributed by atoms with Crippen molar-refractivity contribution in [2.24, 2.45) is 5.92 Å². The zero-order valence-corrected chi connectivity index (χ0v) is 14.0. The van der Waals surface area contributed by atoms with E-state index in [1.165, 1.54) is 31.6 Å². The third-order valence-electron chi connectivity index (χ3n) is 4.92. The summed E-state index contributed by atoms with van der Waals surface area (Å²) >= 11 is 0. The van der Waals surface area contributed by atoms with Crippen LogP contribution < -0.4 is 10.2 Å². The van der Waals surface area contributed by atoms with Crippen molar-refractivity contribution in [3.8, 4) is 0 Å². The van der Waals surface area contributed by atoms with Crippen LogP contribution >= 0.6 is 0 Å². The van der Waals surface area contributed by atoms with Crippen LogP contribution in [0.4, 0.5) is 5.95 Å². The van der Waals surface area contributed by atoms with Gasteiger partial charge in [-0.05, 0) is 45.4 Å². The van der Waals surface area contributed by atoms with Crippen molar-refractivity contribution in [3.05, 3.63) is 11.9 Å². The van der Waals surface area contributed by atoms with Gasteiger partial charge < -0.3 is 14.8 Å². The van der Waals surface area contributed by atoms with Gasteiger partial charge in [0.05, 0.1) is 5.69 Å². The summed E-state index contributed by atoms with van der Waals surface area (Å²) < 4.78 is 2.37. The molecule has 1 aromatic rings. The predicted molar refractivity (Wildman–Crippen MR) is 87.8 cm³/mol. The molecule has 0 saturated carbocycles. The molecule has 3 rings (SSSR count). The Hall–Kier alpha value is -1.03. The highest BCUT2D eigenvalue weighted by atomic mass is 15.3. The molecular formula is C17H30N4. The summed E-state index contributed by atoms with van der Waals surface area (Å²) in [5, 5.41) is 3.75. The molecule has 2 aliphatic heterocycles. The second-order valence-corrected chi connectivity index (χ2v) is 7.28. The van der Waals surface area contributed by atoms with Crippen molar-refractivity contribution in [2.75, 3.05) is 11.4 Å². The van der Waals surface area contributed by atoms with Gasteiger partial charge in [-0.2, -0.15) is 0 Å². The lowest BCUT2D eigenvalue weighted by molar-refractivity contribution is 0.344. The van der Waals surface area contributed by atoms with Gasteiger partial charge in [0.2, 0.25) is 5.95 Å². The number of hydrogen-bond donors (Lipinski definition) is 1. The van der Waals surface area contributed by atoms with Gasteiger partial charge in [0, 0.05) is 37.4 Å². The summed E-state index contributed by atoms with van der Waals surface area (Å²) in [6, 6.07) is 2.12. The second kappa shape index (κ2) is 5.99. The lowest BCUT2D eigenvalue weighted by Gasteiger charge is -2.38. The molecule has 0 amide bonds. The monoisotopic (exact) mass is 290 g/mol. The molecular weight excluding hydrogens is 260 g/mol. The molecule has 0 aliphatic carbocycles. The molecule has 2 unspecified atom stereocenters. The topological polar surface area (TPSA) is 33.1 Å². The molecule has 21 heavy (non-hydrogen) atoms. The van der Waals surface area contributed by atoms with Crippen LogP contribution in [0.2, 0.25) is 0 Å². The van der Waals surface area contributed by atoms with E-state index in [9.17, 15) is 0 Å².